The molecule has 0 aliphatic carbocycles. The third-order valence-electron chi connectivity index (χ3n) is 5.63. The van der Waals surface area contributed by atoms with E-state index in [9.17, 15) is 4.39 Å². The van der Waals surface area contributed by atoms with Gasteiger partial charge >= 0.3 is 6.01 Å². The van der Waals surface area contributed by atoms with E-state index in [-0.39, 0.29) is 12.0 Å². The molecule has 4 rings (SSSR count). The van der Waals surface area contributed by atoms with E-state index in [0.717, 1.165) is 42.7 Å². The van der Waals surface area contributed by atoms with Gasteiger partial charge in [-0.1, -0.05) is 38.1 Å². The third-order valence-corrected chi connectivity index (χ3v) is 5.63. The largest absolute Gasteiger partial charge is 0.460 e. The summed E-state index contributed by atoms with van der Waals surface area (Å²) in [6.07, 6.45) is 3.84. The zero-order valence-corrected chi connectivity index (χ0v) is 17.8. The highest BCUT2D eigenvalue weighted by Gasteiger charge is 2.21. The Morgan fingerprint density at radius 1 is 1.17 bits per heavy atom. The van der Waals surface area contributed by atoms with Crippen LogP contribution in [0.2, 0.25) is 0 Å². The summed E-state index contributed by atoms with van der Waals surface area (Å²) in [5, 5.41) is 7.80. The Kier molecular flexibility index (Phi) is 6.13. The minimum atomic E-state index is -0.499. The van der Waals surface area contributed by atoms with E-state index in [2.05, 4.69) is 46.2 Å². The number of hydrogen-bond acceptors (Lipinski definition) is 6. The van der Waals surface area contributed by atoms with Crippen LogP contribution in [-0.4, -0.2) is 50.7 Å². The number of anilines is 1. The van der Waals surface area contributed by atoms with E-state index in [1.807, 2.05) is 24.4 Å². The number of nitrogens with one attached hydrogen (secondary N) is 1. The number of rotatable bonds is 7. The van der Waals surface area contributed by atoms with Gasteiger partial charge in [0.25, 0.3) is 0 Å². The molecule has 1 aliphatic rings. The molecule has 3 heterocycles. The fraction of sp³-hybridized carbons (Fsp3) is 0.500. The molecule has 0 unspecified atom stereocenters. The van der Waals surface area contributed by atoms with Crippen LogP contribution in [0.3, 0.4) is 0 Å². The fourth-order valence-electron chi connectivity index (χ4n) is 3.74. The minimum Gasteiger partial charge on any atom is -0.460 e. The second-order valence-corrected chi connectivity index (χ2v) is 8.20. The molecule has 0 bridgehead atoms. The van der Waals surface area contributed by atoms with Crippen LogP contribution in [0.25, 0.3) is 5.65 Å². The summed E-state index contributed by atoms with van der Waals surface area (Å²) in [5.41, 5.74) is 3.34. The summed E-state index contributed by atoms with van der Waals surface area (Å²) in [4.78, 5) is 11.6. The molecule has 2 aromatic heterocycles. The van der Waals surface area contributed by atoms with Gasteiger partial charge in [0.05, 0.1) is 6.20 Å². The van der Waals surface area contributed by atoms with Crippen molar-refractivity contribution in [1.29, 1.82) is 0 Å². The first-order valence-corrected chi connectivity index (χ1v) is 10.5. The number of likely N-dealkylation sites (tertiary alicyclic amines) is 1. The lowest BCUT2D eigenvalue weighted by molar-refractivity contribution is 0.105. The molecule has 0 spiro atoms. The van der Waals surface area contributed by atoms with Crippen molar-refractivity contribution in [2.24, 2.45) is 0 Å². The van der Waals surface area contributed by atoms with Gasteiger partial charge in [0, 0.05) is 25.2 Å². The van der Waals surface area contributed by atoms with Gasteiger partial charge in [-0.05, 0) is 36.9 Å². The Bertz CT molecular complexity index is 996. The SMILES string of the molecule is CC(C)c1cnn2c(NCc3ccccc3CF)nc(OC3CCN(C)CC3)nc12. The number of aromatic nitrogens is 4. The number of hydrogen-bond donors (Lipinski definition) is 1. The zero-order valence-electron chi connectivity index (χ0n) is 17.8. The molecule has 1 fully saturated rings. The molecule has 160 valence electrons. The van der Waals surface area contributed by atoms with Crippen molar-refractivity contribution >= 4 is 11.6 Å². The van der Waals surface area contributed by atoms with E-state index in [4.69, 9.17) is 4.74 Å². The predicted molar refractivity (Wildman–Crippen MR) is 115 cm³/mol. The smallest absolute Gasteiger partial charge is 0.322 e. The van der Waals surface area contributed by atoms with Crippen LogP contribution in [-0.2, 0) is 13.2 Å². The first-order chi connectivity index (χ1) is 14.5. The molecule has 0 atom stereocenters. The summed E-state index contributed by atoms with van der Waals surface area (Å²) in [5.74, 6) is 0.817. The molecule has 0 amide bonds. The van der Waals surface area contributed by atoms with Crippen LogP contribution in [0.4, 0.5) is 10.3 Å². The van der Waals surface area contributed by atoms with E-state index >= 15 is 0 Å². The van der Waals surface area contributed by atoms with E-state index in [1.54, 1.807) is 10.6 Å². The van der Waals surface area contributed by atoms with Crippen molar-refractivity contribution < 1.29 is 9.13 Å². The molecule has 0 saturated carbocycles. The van der Waals surface area contributed by atoms with Crippen LogP contribution in [0.5, 0.6) is 6.01 Å². The molecule has 1 N–H and O–H groups in total. The molecule has 30 heavy (non-hydrogen) atoms. The molecule has 8 heteroatoms. The van der Waals surface area contributed by atoms with Crippen molar-refractivity contribution in [3.05, 3.63) is 47.2 Å². The highest BCUT2D eigenvalue weighted by Crippen LogP contribution is 2.24. The normalized spacial score (nSPS) is 15.8. The number of ether oxygens (including phenoxy) is 1. The van der Waals surface area contributed by atoms with Gasteiger partial charge < -0.3 is 15.0 Å². The number of nitrogens with zero attached hydrogens (tertiary/aromatic N) is 5. The quantitative estimate of drug-likeness (QED) is 0.637. The maximum atomic E-state index is 13.3. The molecular formula is C22H29FN6O. The number of benzene rings is 1. The van der Waals surface area contributed by atoms with Crippen LogP contribution in [0, 0.1) is 0 Å². The van der Waals surface area contributed by atoms with E-state index < -0.39 is 6.67 Å². The van der Waals surface area contributed by atoms with Gasteiger partial charge in [0.2, 0.25) is 5.95 Å². The van der Waals surface area contributed by atoms with Gasteiger partial charge in [0.1, 0.15) is 12.8 Å². The van der Waals surface area contributed by atoms with Gasteiger partial charge in [0.15, 0.2) is 5.65 Å². The summed E-state index contributed by atoms with van der Waals surface area (Å²) in [6.45, 7) is 6.17. The van der Waals surface area contributed by atoms with Crippen LogP contribution >= 0.6 is 0 Å². The summed E-state index contributed by atoms with van der Waals surface area (Å²) in [6, 6.07) is 7.83. The van der Waals surface area contributed by atoms with Crippen molar-refractivity contribution in [1.82, 2.24) is 24.5 Å². The lowest BCUT2D eigenvalue weighted by Gasteiger charge is -2.28. The Balaban J connectivity index is 1.63. The highest BCUT2D eigenvalue weighted by molar-refractivity contribution is 5.53. The molecular weight excluding hydrogens is 383 g/mol. The summed E-state index contributed by atoms with van der Waals surface area (Å²) < 4.78 is 21.2. The average molecular weight is 413 g/mol. The number of alkyl halides is 1. The monoisotopic (exact) mass is 412 g/mol. The third kappa shape index (κ3) is 4.38. The van der Waals surface area contributed by atoms with Crippen molar-refractivity contribution in [2.75, 3.05) is 25.5 Å². The van der Waals surface area contributed by atoms with Gasteiger partial charge in [-0.2, -0.15) is 19.6 Å². The number of piperidine rings is 1. The van der Waals surface area contributed by atoms with Crippen LogP contribution in [0.15, 0.2) is 30.5 Å². The van der Waals surface area contributed by atoms with Crippen LogP contribution in [0.1, 0.15) is 49.3 Å². The average Bonchev–Trinajstić information content (AvgIpc) is 3.18. The van der Waals surface area contributed by atoms with Gasteiger partial charge in [-0.15, -0.1) is 0 Å². The second kappa shape index (κ2) is 8.95. The van der Waals surface area contributed by atoms with Crippen molar-refractivity contribution in [2.45, 2.75) is 51.9 Å². The second-order valence-electron chi connectivity index (χ2n) is 8.20. The van der Waals surface area contributed by atoms with Gasteiger partial charge in [-0.3, -0.25) is 0 Å². The molecule has 0 radical (unpaired) electrons. The van der Waals surface area contributed by atoms with E-state index in [1.165, 1.54) is 0 Å². The lowest BCUT2D eigenvalue weighted by atomic mass is 10.1. The molecule has 1 saturated heterocycles. The van der Waals surface area contributed by atoms with Gasteiger partial charge in [-0.25, -0.2) is 4.39 Å². The Morgan fingerprint density at radius 2 is 1.90 bits per heavy atom. The first-order valence-electron chi connectivity index (χ1n) is 10.5. The first kappa shape index (κ1) is 20.5. The Labute approximate surface area is 176 Å². The zero-order chi connectivity index (χ0) is 21.1. The molecule has 1 aromatic carbocycles. The Morgan fingerprint density at radius 3 is 2.60 bits per heavy atom. The predicted octanol–water partition coefficient (Wildman–Crippen LogP) is 3.80. The minimum absolute atomic E-state index is 0.106. The lowest BCUT2D eigenvalue weighted by Crippen LogP contribution is -2.36. The van der Waals surface area contributed by atoms with Crippen LogP contribution < -0.4 is 10.1 Å². The topological polar surface area (TPSA) is 67.6 Å². The standard InChI is InChI=1S/C22H29FN6O/c1-15(2)19-14-25-29-20(19)26-22(30-18-8-10-28(3)11-9-18)27-21(29)24-13-17-7-5-4-6-16(17)12-23/h4-7,14-15,18H,8-13H2,1-3H3,(H,24,26,27). The number of fused-ring (bicyclic) bond motifs is 1. The number of halogens is 1. The molecule has 3 aromatic rings. The van der Waals surface area contributed by atoms with Crippen molar-refractivity contribution in [3.63, 3.8) is 0 Å². The van der Waals surface area contributed by atoms with Crippen molar-refractivity contribution in [3.8, 4) is 6.01 Å². The summed E-state index contributed by atoms with van der Waals surface area (Å²) >= 11 is 0. The highest BCUT2D eigenvalue weighted by atomic mass is 19.1. The Hall–Kier alpha value is -2.74. The maximum absolute atomic E-state index is 13.3. The fourth-order valence-corrected chi connectivity index (χ4v) is 3.74. The maximum Gasteiger partial charge on any atom is 0.322 e. The van der Waals surface area contributed by atoms with E-state index in [0.29, 0.717) is 24.1 Å². The molecule has 1 aliphatic heterocycles. The molecule has 7 nitrogen and oxygen atoms in total. The summed E-state index contributed by atoms with van der Waals surface area (Å²) in [7, 11) is 2.12.